The van der Waals surface area contributed by atoms with Crippen molar-refractivity contribution < 1.29 is 4.92 Å². The van der Waals surface area contributed by atoms with Gasteiger partial charge in [-0.05, 0) is 38.3 Å². The van der Waals surface area contributed by atoms with Crippen LogP contribution in [0, 0.1) is 27.4 Å². The molecule has 2 N–H and O–H groups in total. The first kappa shape index (κ1) is 20.3. The Morgan fingerprint density at radius 2 is 1.52 bits per heavy atom. The first-order chi connectivity index (χ1) is 12.0. The number of nitrogen functional groups attached to an aromatic ring is 1. The number of thioether (sulfide) groups is 3. The highest BCUT2D eigenvalue weighted by Gasteiger charge is 2.51. The lowest BCUT2D eigenvalue weighted by Crippen LogP contribution is -2.43. The molecule has 4 aliphatic rings. The van der Waals surface area contributed by atoms with Crippen LogP contribution in [0.2, 0.25) is 0 Å². The van der Waals surface area contributed by atoms with Crippen LogP contribution in [0.25, 0.3) is 0 Å². The van der Waals surface area contributed by atoms with Crippen molar-refractivity contribution in [2.45, 2.75) is 53.8 Å². The van der Waals surface area contributed by atoms with Gasteiger partial charge in [0.25, 0.3) is 5.69 Å². The Morgan fingerprint density at radius 1 is 1.08 bits per heavy atom. The molecule has 0 radical (unpaired) electrons. The number of rotatable bonds is 1. The molecule has 0 atom stereocenters. The van der Waals surface area contributed by atoms with Crippen LogP contribution in [0.4, 0.5) is 11.4 Å². The second-order valence-corrected chi connectivity index (χ2v) is 10.9. The summed E-state index contributed by atoms with van der Waals surface area (Å²) in [7, 11) is 0. The standard InChI is InChI=1S/C10H12S3.C6H6N2O2.C2H6/c1-2-3-10-4-7-11-8(5-10)13-9(6-10)12-7;7-5-1-3-6(4-2-5)8(9)10;1-2/h7-9H,4-6H2,1H3;1-4H,7H2;1-2H3. The molecule has 7 heteroatoms. The van der Waals surface area contributed by atoms with Crippen molar-refractivity contribution in [3.8, 4) is 11.8 Å². The van der Waals surface area contributed by atoms with Gasteiger partial charge in [-0.25, -0.2) is 0 Å². The molecule has 4 nitrogen and oxygen atoms in total. The number of nitro groups is 1. The quantitative estimate of drug-likeness (QED) is 0.289. The number of non-ortho nitro benzene ring substituents is 1. The van der Waals surface area contributed by atoms with Gasteiger partial charge in [0.15, 0.2) is 0 Å². The van der Waals surface area contributed by atoms with Crippen molar-refractivity contribution >= 4 is 46.7 Å². The fourth-order valence-electron chi connectivity index (χ4n) is 3.11. The van der Waals surface area contributed by atoms with Gasteiger partial charge in [0.05, 0.1) is 18.7 Å². The molecule has 1 aromatic rings. The van der Waals surface area contributed by atoms with E-state index in [2.05, 4.69) is 47.1 Å². The molecule has 0 spiro atoms. The summed E-state index contributed by atoms with van der Waals surface area (Å²) < 4.78 is 2.58. The maximum atomic E-state index is 10.1. The summed E-state index contributed by atoms with van der Waals surface area (Å²) in [4.78, 5) is 9.62. The topological polar surface area (TPSA) is 69.2 Å². The van der Waals surface area contributed by atoms with E-state index in [0.717, 1.165) is 13.7 Å². The third kappa shape index (κ3) is 5.25. The lowest BCUT2D eigenvalue weighted by molar-refractivity contribution is -0.384. The van der Waals surface area contributed by atoms with E-state index in [0.29, 0.717) is 11.1 Å². The predicted molar refractivity (Wildman–Crippen MR) is 113 cm³/mol. The highest BCUT2D eigenvalue weighted by Crippen LogP contribution is 2.66. The van der Waals surface area contributed by atoms with Gasteiger partial charge in [-0.3, -0.25) is 10.1 Å². The molecular formula is C18H24N2O2S3. The van der Waals surface area contributed by atoms with Gasteiger partial charge in [0.1, 0.15) is 0 Å². The predicted octanol–water partition coefficient (Wildman–Crippen LogP) is 5.59. The number of nitrogens with zero attached hydrogens (tertiary/aromatic N) is 1. The van der Waals surface area contributed by atoms with E-state index in [1.54, 1.807) is 0 Å². The third-order valence-electron chi connectivity index (χ3n) is 4.08. The molecule has 0 unspecified atom stereocenters. The Balaban J connectivity index is 0.000000170. The van der Waals surface area contributed by atoms with Gasteiger partial charge < -0.3 is 5.73 Å². The monoisotopic (exact) mass is 396 g/mol. The van der Waals surface area contributed by atoms with E-state index in [4.69, 9.17) is 5.73 Å². The molecule has 1 aromatic carbocycles. The average molecular weight is 397 g/mol. The molecule has 4 fully saturated rings. The normalized spacial score (nSPS) is 30.8. The Hall–Kier alpha value is -0.970. The molecule has 5 rings (SSSR count). The highest BCUT2D eigenvalue weighted by atomic mass is 32.3. The first-order valence-electron chi connectivity index (χ1n) is 8.40. The summed E-state index contributed by atoms with van der Waals surface area (Å²) >= 11 is 6.57. The summed E-state index contributed by atoms with van der Waals surface area (Å²) in [6, 6.07) is 5.74. The summed E-state index contributed by atoms with van der Waals surface area (Å²) in [6.07, 6.45) is 4.03. The van der Waals surface area contributed by atoms with E-state index in [1.807, 2.05) is 20.8 Å². The molecule has 0 aliphatic carbocycles. The molecular weight excluding hydrogens is 372 g/mol. The van der Waals surface area contributed by atoms with Gasteiger partial charge in [-0.2, -0.15) is 0 Å². The van der Waals surface area contributed by atoms with Crippen LogP contribution >= 0.6 is 35.3 Å². The smallest absolute Gasteiger partial charge is 0.269 e. The van der Waals surface area contributed by atoms with Crippen molar-refractivity contribution in [3.63, 3.8) is 0 Å². The molecule has 25 heavy (non-hydrogen) atoms. The molecule has 0 aromatic heterocycles. The fourth-order valence-corrected chi connectivity index (χ4v) is 10.4. The third-order valence-corrected chi connectivity index (χ3v) is 8.90. The van der Waals surface area contributed by atoms with E-state index in [9.17, 15) is 10.1 Å². The summed E-state index contributed by atoms with van der Waals surface area (Å²) in [5.74, 6) is 6.65. The van der Waals surface area contributed by atoms with Crippen LogP contribution in [-0.2, 0) is 0 Å². The van der Waals surface area contributed by atoms with Gasteiger partial charge in [0, 0.05) is 23.2 Å². The molecule has 136 valence electrons. The number of hydrogen-bond donors (Lipinski definition) is 1. The Morgan fingerprint density at radius 3 is 1.88 bits per heavy atom. The number of benzene rings is 1. The maximum absolute atomic E-state index is 10.1. The number of nitrogens with two attached hydrogens (primary N) is 1. The Kier molecular flexibility index (Phi) is 7.41. The molecule has 4 heterocycles. The summed E-state index contributed by atoms with van der Waals surface area (Å²) in [5.41, 5.74) is 6.33. The molecule has 4 bridgehead atoms. The van der Waals surface area contributed by atoms with Crippen LogP contribution in [0.5, 0.6) is 0 Å². The fraction of sp³-hybridized carbons (Fsp3) is 0.556. The van der Waals surface area contributed by atoms with Crippen LogP contribution < -0.4 is 5.73 Å². The number of hydrogen-bond acceptors (Lipinski definition) is 6. The first-order valence-corrected chi connectivity index (χ1v) is 11.2. The van der Waals surface area contributed by atoms with Crippen LogP contribution in [0.15, 0.2) is 24.3 Å². The maximum Gasteiger partial charge on any atom is 0.269 e. The van der Waals surface area contributed by atoms with Crippen LogP contribution in [0.3, 0.4) is 0 Å². The van der Waals surface area contributed by atoms with Crippen molar-refractivity contribution in [1.82, 2.24) is 0 Å². The summed E-state index contributed by atoms with van der Waals surface area (Å²) in [6.45, 7) is 5.99. The molecule has 4 aliphatic heterocycles. The largest absolute Gasteiger partial charge is 0.399 e. The van der Waals surface area contributed by atoms with Crippen molar-refractivity contribution in [2.24, 2.45) is 5.41 Å². The van der Waals surface area contributed by atoms with Gasteiger partial charge in [0.2, 0.25) is 0 Å². The average Bonchev–Trinajstić information content (AvgIpc) is 2.56. The number of nitro benzene ring substituents is 1. The van der Waals surface area contributed by atoms with Crippen LogP contribution in [-0.4, -0.2) is 18.7 Å². The Bertz CT molecular complexity index is 617. The minimum atomic E-state index is -0.459. The minimum Gasteiger partial charge on any atom is -0.399 e. The molecule has 4 saturated heterocycles. The molecule has 0 amide bonds. The van der Waals surface area contributed by atoms with Crippen molar-refractivity contribution in [2.75, 3.05) is 5.73 Å². The minimum absolute atomic E-state index is 0.0641. The van der Waals surface area contributed by atoms with Crippen molar-refractivity contribution in [3.05, 3.63) is 34.4 Å². The lowest BCUT2D eigenvalue weighted by atomic mass is 9.79. The zero-order valence-electron chi connectivity index (χ0n) is 14.7. The second kappa shape index (κ2) is 9.11. The van der Waals surface area contributed by atoms with Crippen molar-refractivity contribution in [1.29, 1.82) is 0 Å². The van der Waals surface area contributed by atoms with E-state index < -0.39 is 4.92 Å². The van der Waals surface area contributed by atoms with Gasteiger partial charge in [-0.15, -0.1) is 41.2 Å². The number of anilines is 1. The van der Waals surface area contributed by atoms with Gasteiger partial charge >= 0.3 is 0 Å². The van der Waals surface area contributed by atoms with Gasteiger partial charge in [-0.1, -0.05) is 19.8 Å². The zero-order valence-corrected chi connectivity index (χ0v) is 17.2. The molecule has 0 saturated carbocycles. The SMILES string of the molecule is CC.CC#CC12CC3SC(C1)SC(C2)S3.Nc1ccc([N+](=O)[O-])cc1. The lowest BCUT2D eigenvalue weighted by Gasteiger charge is -2.53. The van der Waals surface area contributed by atoms with Crippen LogP contribution in [0.1, 0.15) is 40.0 Å². The van der Waals surface area contributed by atoms with E-state index in [-0.39, 0.29) is 5.69 Å². The second-order valence-electron chi connectivity index (χ2n) is 5.81. The van der Waals surface area contributed by atoms with E-state index in [1.165, 1.54) is 43.5 Å². The van der Waals surface area contributed by atoms with E-state index >= 15 is 0 Å². The Labute approximate surface area is 162 Å². The highest BCUT2D eigenvalue weighted by molar-refractivity contribution is 8.33. The summed E-state index contributed by atoms with van der Waals surface area (Å²) in [5, 5.41) is 10.1. The zero-order chi connectivity index (χ0) is 18.4.